The molecule has 0 bridgehead atoms. The maximum Gasteiger partial charge on any atom is 0.164 e. The molecular weight excluding hydrogens is 330 g/mol. The second-order valence-corrected chi connectivity index (χ2v) is 6.21. The molecule has 0 N–H and O–H groups in total. The third-order valence-corrected chi connectivity index (χ3v) is 4.95. The van der Waals surface area contributed by atoms with E-state index in [1.807, 2.05) is 18.2 Å². The molecule has 0 amide bonds. The minimum absolute atomic E-state index is 0.690. The maximum atomic E-state index is 5.62. The summed E-state index contributed by atoms with van der Waals surface area (Å²) in [6, 6.07) is 10.1. The standard InChI is InChI=1S/C21H21NO4/c1-23-18-8-6-13-14(21(18)26-4)5-7-16-15(13)9-12-10-19(24-2)20(25-3)11-17(12)22-16/h6,8-11H,5,7H2,1-4H3. The molecule has 134 valence electrons. The molecule has 0 fully saturated rings. The van der Waals surface area contributed by atoms with Crippen molar-refractivity contribution in [2.45, 2.75) is 12.8 Å². The highest BCUT2D eigenvalue weighted by molar-refractivity contribution is 5.89. The van der Waals surface area contributed by atoms with E-state index in [9.17, 15) is 0 Å². The molecule has 2 aromatic carbocycles. The monoisotopic (exact) mass is 351 g/mol. The van der Waals surface area contributed by atoms with Gasteiger partial charge in [-0.15, -0.1) is 0 Å². The van der Waals surface area contributed by atoms with Crippen molar-refractivity contribution in [2.24, 2.45) is 0 Å². The second kappa shape index (κ2) is 6.41. The summed E-state index contributed by atoms with van der Waals surface area (Å²) in [7, 11) is 6.62. The largest absolute Gasteiger partial charge is 0.493 e. The SMILES string of the molecule is COc1cc2cc3c(nc2cc1OC)CCc1c-3ccc(OC)c1OC. The van der Waals surface area contributed by atoms with Crippen molar-refractivity contribution in [3.8, 4) is 34.1 Å². The minimum Gasteiger partial charge on any atom is -0.493 e. The number of aryl methyl sites for hydroxylation is 1. The van der Waals surface area contributed by atoms with E-state index in [-0.39, 0.29) is 0 Å². The van der Waals surface area contributed by atoms with Gasteiger partial charge >= 0.3 is 0 Å². The van der Waals surface area contributed by atoms with Gasteiger partial charge in [0.05, 0.1) is 34.0 Å². The molecule has 0 saturated heterocycles. The van der Waals surface area contributed by atoms with Crippen LogP contribution in [0, 0.1) is 0 Å². The molecule has 1 heterocycles. The fourth-order valence-electron chi connectivity index (χ4n) is 3.70. The van der Waals surface area contributed by atoms with Gasteiger partial charge < -0.3 is 18.9 Å². The van der Waals surface area contributed by atoms with E-state index in [2.05, 4.69) is 12.1 Å². The molecule has 0 spiro atoms. The third-order valence-electron chi connectivity index (χ3n) is 4.95. The van der Waals surface area contributed by atoms with Crippen molar-refractivity contribution in [1.82, 2.24) is 4.98 Å². The van der Waals surface area contributed by atoms with Crippen molar-refractivity contribution < 1.29 is 18.9 Å². The summed E-state index contributed by atoms with van der Waals surface area (Å²) in [6.07, 6.45) is 1.73. The molecule has 0 radical (unpaired) electrons. The summed E-state index contributed by atoms with van der Waals surface area (Å²) in [5.41, 5.74) is 5.44. The van der Waals surface area contributed by atoms with Crippen LogP contribution >= 0.6 is 0 Å². The topological polar surface area (TPSA) is 49.8 Å². The Hall–Kier alpha value is -2.95. The number of rotatable bonds is 4. The van der Waals surface area contributed by atoms with Gasteiger partial charge in [0.1, 0.15) is 0 Å². The number of methoxy groups -OCH3 is 4. The quantitative estimate of drug-likeness (QED) is 0.710. The van der Waals surface area contributed by atoms with Crippen LogP contribution in [0.3, 0.4) is 0 Å². The number of benzene rings is 2. The van der Waals surface area contributed by atoms with Gasteiger partial charge in [-0.1, -0.05) is 6.07 Å². The van der Waals surface area contributed by atoms with Crippen molar-refractivity contribution in [3.05, 3.63) is 41.6 Å². The van der Waals surface area contributed by atoms with E-state index in [1.54, 1.807) is 28.4 Å². The summed E-state index contributed by atoms with van der Waals surface area (Å²) in [5, 5.41) is 1.02. The number of nitrogens with zero attached hydrogens (tertiary/aromatic N) is 1. The Balaban J connectivity index is 1.95. The molecule has 0 unspecified atom stereocenters. The van der Waals surface area contributed by atoms with Gasteiger partial charge in [0, 0.05) is 28.3 Å². The maximum absolute atomic E-state index is 5.62. The van der Waals surface area contributed by atoms with Crippen molar-refractivity contribution in [2.75, 3.05) is 28.4 Å². The number of aromatic nitrogens is 1. The van der Waals surface area contributed by atoms with Crippen LogP contribution < -0.4 is 18.9 Å². The van der Waals surface area contributed by atoms with Gasteiger partial charge in [0.25, 0.3) is 0 Å². The van der Waals surface area contributed by atoms with Gasteiger partial charge in [-0.05, 0) is 36.6 Å². The lowest BCUT2D eigenvalue weighted by Gasteiger charge is -2.23. The van der Waals surface area contributed by atoms with Crippen LogP contribution in [-0.4, -0.2) is 33.4 Å². The average Bonchev–Trinajstić information content (AvgIpc) is 2.69. The van der Waals surface area contributed by atoms with E-state index in [4.69, 9.17) is 23.9 Å². The predicted molar refractivity (Wildman–Crippen MR) is 101 cm³/mol. The summed E-state index contributed by atoms with van der Waals surface area (Å²) in [4.78, 5) is 4.89. The molecule has 5 nitrogen and oxygen atoms in total. The minimum atomic E-state index is 0.690. The number of hydrogen-bond acceptors (Lipinski definition) is 5. The lowest BCUT2D eigenvalue weighted by molar-refractivity contribution is 0.351. The molecule has 0 saturated carbocycles. The van der Waals surface area contributed by atoms with Crippen molar-refractivity contribution in [3.63, 3.8) is 0 Å². The summed E-state index contributed by atoms with van der Waals surface area (Å²) in [5.74, 6) is 2.96. The van der Waals surface area contributed by atoms with Crippen LogP contribution in [0.4, 0.5) is 0 Å². The van der Waals surface area contributed by atoms with Gasteiger partial charge in [-0.25, -0.2) is 0 Å². The highest BCUT2D eigenvalue weighted by atomic mass is 16.5. The first-order chi connectivity index (χ1) is 12.7. The Morgan fingerprint density at radius 1 is 0.731 bits per heavy atom. The van der Waals surface area contributed by atoms with Crippen LogP contribution in [0.5, 0.6) is 23.0 Å². The first-order valence-corrected chi connectivity index (χ1v) is 8.50. The number of fused-ring (bicyclic) bond motifs is 4. The van der Waals surface area contributed by atoms with Crippen LogP contribution in [0.1, 0.15) is 11.3 Å². The summed E-state index contributed by atoms with van der Waals surface area (Å²) >= 11 is 0. The molecule has 1 aromatic heterocycles. The van der Waals surface area contributed by atoms with E-state index in [0.717, 1.165) is 52.1 Å². The Morgan fingerprint density at radius 2 is 1.46 bits per heavy atom. The number of pyridine rings is 1. The van der Waals surface area contributed by atoms with Crippen molar-refractivity contribution in [1.29, 1.82) is 0 Å². The van der Waals surface area contributed by atoms with E-state index >= 15 is 0 Å². The second-order valence-electron chi connectivity index (χ2n) is 6.21. The Labute approximate surface area is 152 Å². The van der Waals surface area contributed by atoms with Crippen LogP contribution in [-0.2, 0) is 12.8 Å². The van der Waals surface area contributed by atoms with Gasteiger partial charge in [0.15, 0.2) is 23.0 Å². The highest BCUT2D eigenvalue weighted by Crippen LogP contribution is 2.44. The third kappa shape index (κ3) is 2.43. The Morgan fingerprint density at radius 3 is 2.15 bits per heavy atom. The fraction of sp³-hybridized carbons (Fsp3) is 0.286. The Bertz CT molecular complexity index is 997. The number of ether oxygens (including phenoxy) is 4. The molecule has 5 heteroatoms. The van der Waals surface area contributed by atoms with E-state index in [1.165, 1.54) is 5.56 Å². The average molecular weight is 351 g/mol. The molecule has 26 heavy (non-hydrogen) atoms. The van der Waals surface area contributed by atoms with Gasteiger partial charge in [0.2, 0.25) is 0 Å². The molecule has 4 rings (SSSR count). The molecule has 0 atom stereocenters. The van der Waals surface area contributed by atoms with Gasteiger partial charge in [-0.2, -0.15) is 0 Å². The lowest BCUT2D eigenvalue weighted by atomic mass is 9.87. The molecular formula is C21H21NO4. The normalized spacial score (nSPS) is 12.3. The summed E-state index contributed by atoms with van der Waals surface area (Å²) in [6.45, 7) is 0. The smallest absolute Gasteiger partial charge is 0.164 e. The zero-order chi connectivity index (χ0) is 18.3. The summed E-state index contributed by atoms with van der Waals surface area (Å²) < 4.78 is 21.9. The zero-order valence-electron chi connectivity index (χ0n) is 15.4. The first-order valence-electron chi connectivity index (χ1n) is 8.50. The van der Waals surface area contributed by atoms with Crippen molar-refractivity contribution >= 4 is 10.9 Å². The van der Waals surface area contributed by atoms with Crippen LogP contribution in [0.25, 0.3) is 22.0 Å². The first kappa shape index (κ1) is 16.5. The highest BCUT2D eigenvalue weighted by Gasteiger charge is 2.24. The van der Waals surface area contributed by atoms with Crippen LogP contribution in [0.2, 0.25) is 0 Å². The predicted octanol–water partition coefficient (Wildman–Crippen LogP) is 4.03. The fourth-order valence-corrected chi connectivity index (χ4v) is 3.70. The van der Waals surface area contributed by atoms with Gasteiger partial charge in [-0.3, -0.25) is 4.98 Å². The lowest BCUT2D eigenvalue weighted by Crippen LogP contribution is -2.09. The molecule has 1 aliphatic rings. The molecule has 0 aliphatic heterocycles. The Kier molecular flexibility index (Phi) is 4.07. The molecule has 3 aromatic rings. The van der Waals surface area contributed by atoms with E-state index in [0.29, 0.717) is 11.5 Å². The zero-order valence-corrected chi connectivity index (χ0v) is 15.4. The number of hydrogen-bond donors (Lipinski definition) is 0. The molecule has 1 aliphatic carbocycles. The van der Waals surface area contributed by atoms with E-state index < -0.39 is 0 Å². The van der Waals surface area contributed by atoms with Crippen LogP contribution in [0.15, 0.2) is 30.3 Å².